The molecule has 2 aromatic rings. The Kier molecular flexibility index (Phi) is 3.81. The van der Waals surface area contributed by atoms with Crippen LogP contribution in [-0.2, 0) is 0 Å². The van der Waals surface area contributed by atoms with E-state index in [2.05, 4.69) is 35.3 Å². The molecule has 2 aromatic heterocycles. The second-order valence-corrected chi connectivity index (χ2v) is 4.96. The van der Waals surface area contributed by atoms with Crippen LogP contribution in [0.1, 0.15) is 25.8 Å². The van der Waals surface area contributed by atoms with Crippen molar-refractivity contribution in [2.24, 2.45) is 5.92 Å². The third-order valence-electron chi connectivity index (χ3n) is 3.10. The second-order valence-electron chi connectivity index (χ2n) is 4.96. The predicted octanol–water partition coefficient (Wildman–Crippen LogP) is 1.86. The lowest BCUT2D eigenvalue weighted by Crippen LogP contribution is -2.28. The maximum atomic E-state index is 9.12. The molecule has 1 unspecified atom stereocenters. The van der Waals surface area contributed by atoms with Gasteiger partial charge in [0, 0.05) is 12.6 Å². The first-order chi connectivity index (χ1) is 8.61. The summed E-state index contributed by atoms with van der Waals surface area (Å²) in [5.41, 5.74) is 1.98. The lowest BCUT2D eigenvalue weighted by atomic mass is 10.0. The largest absolute Gasteiger partial charge is 0.396 e. The van der Waals surface area contributed by atoms with Crippen LogP contribution in [0.25, 0.3) is 5.65 Å². The number of anilines is 1. The van der Waals surface area contributed by atoms with E-state index >= 15 is 0 Å². The average molecular weight is 248 g/mol. The number of fused-ring (bicyclic) bond motifs is 1. The third-order valence-corrected chi connectivity index (χ3v) is 3.10. The molecule has 2 heterocycles. The molecule has 1 atom stereocenters. The van der Waals surface area contributed by atoms with E-state index in [4.69, 9.17) is 5.11 Å². The van der Waals surface area contributed by atoms with E-state index in [1.54, 1.807) is 10.8 Å². The highest BCUT2D eigenvalue weighted by Crippen LogP contribution is 2.17. The lowest BCUT2D eigenvalue weighted by Gasteiger charge is -2.23. The molecule has 0 spiro atoms. The van der Waals surface area contributed by atoms with Crippen molar-refractivity contribution < 1.29 is 5.11 Å². The quantitative estimate of drug-likeness (QED) is 0.847. The Morgan fingerprint density at radius 2 is 2.17 bits per heavy atom. The first-order valence-electron chi connectivity index (χ1n) is 6.29. The van der Waals surface area contributed by atoms with Gasteiger partial charge in [0.1, 0.15) is 12.1 Å². The standard InChI is InChI=1S/C13H20N4O/c1-9(2)11(4-5-18)16-13-7-10(3)6-12-14-8-15-17(12)13/h6-9,11,16,18H,4-5H2,1-3H3. The minimum absolute atomic E-state index is 0.183. The van der Waals surface area contributed by atoms with Crippen molar-refractivity contribution in [3.8, 4) is 0 Å². The van der Waals surface area contributed by atoms with Crippen LogP contribution in [-0.4, -0.2) is 32.4 Å². The maximum Gasteiger partial charge on any atom is 0.157 e. The molecule has 0 radical (unpaired) electrons. The first-order valence-corrected chi connectivity index (χ1v) is 6.29. The van der Waals surface area contributed by atoms with Crippen molar-refractivity contribution in [1.82, 2.24) is 14.6 Å². The lowest BCUT2D eigenvalue weighted by molar-refractivity contribution is 0.267. The van der Waals surface area contributed by atoms with Crippen LogP contribution in [0.4, 0.5) is 5.82 Å². The minimum Gasteiger partial charge on any atom is -0.396 e. The number of nitrogens with one attached hydrogen (secondary N) is 1. The summed E-state index contributed by atoms with van der Waals surface area (Å²) in [5, 5.41) is 16.8. The summed E-state index contributed by atoms with van der Waals surface area (Å²) in [4.78, 5) is 4.20. The normalized spacial score (nSPS) is 13.2. The SMILES string of the molecule is Cc1cc(NC(CCO)C(C)C)n2ncnc2c1. The zero-order valence-corrected chi connectivity index (χ0v) is 11.1. The van der Waals surface area contributed by atoms with Crippen molar-refractivity contribution >= 4 is 11.5 Å². The molecular weight excluding hydrogens is 228 g/mol. The first kappa shape index (κ1) is 12.8. The van der Waals surface area contributed by atoms with Crippen molar-refractivity contribution in [2.45, 2.75) is 33.2 Å². The van der Waals surface area contributed by atoms with Crippen molar-refractivity contribution in [3.63, 3.8) is 0 Å². The molecule has 2 rings (SSSR count). The molecular formula is C13H20N4O. The molecule has 0 fully saturated rings. The van der Waals surface area contributed by atoms with Crippen molar-refractivity contribution in [2.75, 3.05) is 11.9 Å². The summed E-state index contributed by atoms with van der Waals surface area (Å²) in [6.07, 6.45) is 2.28. The minimum atomic E-state index is 0.183. The number of aliphatic hydroxyl groups is 1. The van der Waals surface area contributed by atoms with Gasteiger partial charge in [-0.1, -0.05) is 13.8 Å². The number of pyridine rings is 1. The number of rotatable bonds is 5. The van der Waals surface area contributed by atoms with E-state index in [0.29, 0.717) is 5.92 Å². The Bertz CT molecular complexity index is 521. The number of aliphatic hydroxyl groups excluding tert-OH is 1. The smallest absolute Gasteiger partial charge is 0.157 e. The van der Waals surface area contributed by atoms with Crippen LogP contribution in [0, 0.1) is 12.8 Å². The topological polar surface area (TPSA) is 62.5 Å². The van der Waals surface area contributed by atoms with Gasteiger partial charge in [-0.05, 0) is 37.0 Å². The number of aromatic nitrogens is 3. The highest BCUT2D eigenvalue weighted by Gasteiger charge is 2.14. The van der Waals surface area contributed by atoms with Gasteiger partial charge in [0.15, 0.2) is 5.65 Å². The van der Waals surface area contributed by atoms with Gasteiger partial charge in [-0.25, -0.2) is 4.98 Å². The van der Waals surface area contributed by atoms with Gasteiger partial charge in [-0.3, -0.25) is 0 Å². The third kappa shape index (κ3) is 2.61. The average Bonchev–Trinajstić information content (AvgIpc) is 2.76. The van der Waals surface area contributed by atoms with Gasteiger partial charge in [0.25, 0.3) is 0 Å². The van der Waals surface area contributed by atoms with Crippen molar-refractivity contribution in [1.29, 1.82) is 0 Å². The van der Waals surface area contributed by atoms with E-state index in [9.17, 15) is 0 Å². The summed E-state index contributed by atoms with van der Waals surface area (Å²) < 4.78 is 1.79. The van der Waals surface area contributed by atoms with Crippen LogP contribution in [0.3, 0.4) is 0 Å². The summed E-state index contributed by atoms with van der Waals surface area (Å²) in [6, 6.07) is 4.27. The molecule has 0 aliphatic heterocycles. The predicted molar refractivity (Wildman–Crippen MR) is 71.7 cm³/mol. The van der Waals surface area contributed by atoms with Crippen LogP contribution >= 0.6 is 0 Å². The van der Waals surface area contributed by atoms with Crippen molar-refractivity contribution in [3.05, 3.63) is 24.0 Å². The Hall–Kier alpha value is -1.62. The number of hydrogen-bond donors (Lipinski definition) is 2. The molecule has 0 amide bonds. The Morgan fingerprint density at radius 3 is 2.83 bits per heavy atom. The molecule has 0 aliphatic rings. The van der Waals surface area contributed by atoms with E-state index in [0.717, 1.165) is 23.4 Å². The zero-order chi connectivity index (χ0) is 13.1. The number of aryl methyl sites for hydroxylation is 1. The Morgan fingerprint density at radius 1 is 1.39 bits per heavy atom. The van der Waals surface area contributed by atoms with Gasteiger partial charge in [0.2, 0.25) is 0 Å². The summed E-state index contributed by atoms with van der Waals surface area (Å²) in [5.74, 6) is 1.37. The molecule has 98 valence electrons. The fraction of sp³-hybridized carbons (Fsp3) is 0.538. The highest BCUT2D eigenvalue weighted by atomic mass is 16.3. The molecule has 0 saturated heterocycles. The molecule has 0 aromatic carbocycles. The fourth-order valence-electron chi connectivity index (χ4n) is 2.06. The molecule has 5 heteroatoms. The number of hydrogen-bond acceptors (Lipinski definition) is 4. The molecule has 0 aliphatic carbocycles. The maximum absolute atomic E-state index is 9.12. The molecule has 2 N–H and O–H groups in total. The summed E-state index contributed by atoms with van der Waals surface area (Å²) in [7, 11) is 0. The van der Waals surface area contributed by atoms with Crippen LogP contribution < -0.4 is 5.32 Å². The number of nitrogens with zero attached hydrogens (tertiary/aromatic N) is 3. The van der Waals surface area contributed by atoms with Gasteiger partial charge in [-0.15, -0.1) is 0 Å². The zero-order valence-electron chi connectivity index (χ0n) is 11.1. The van der Waals surface area contributed by atoms with Gasteiger partial charge in [-0.2, -0.15) is 9.61 Å². The molecule has 5 nitrogen and oxygen atoms in total. The van der Waals surface area contributed by atoms with Crippen LogP contribution in [0.5, 0.6) is 0 Å². The van der Waals surface area contributed by atoms with E-state index in [1.165, 1.54) is 0 Å². The van der Waals surface area contributed by atoms with Gasteiger partial charge >= 0.3 is 0 Å². The summed E-state index contributed by atoms with van der Waals surface area (Å²) in [6.45, 7) is 6.50. The fourth-order valence-corrected chi connectivity index (χ4v) is 2.06. The highest BCUT2D eigenvalue weighted by molar-refractivity contribution is 5.51. The summed E-state index contributed by atoms with van der Waals surface area (Å²) >= 11 is 0. The Balaban J connectivity index is 2.32. The van der Waals surface area contributed by atoms with Gasteiger partial charge in [0.05, 0.1) is 0 Å². The van der Waals surface area contributed by atoms with Crippen LogP contribution in [0.15, 0.2) is 18.5 Å². The molecule has 0 bridgehead atoms. The molecule has 18 heavy (non-hydrogen) atoms. The van der Waals surface area contributed by atoms with E-state index < -0.39 is 0 Å². The van der Waals surface area contributed by atoms with Gasteiger partial charge < -0.3 is 10.4 Å². The Labute approximate surface area is 107 Å². The monoisotopic (exact) mass is 248 g/mol. The van der Waals surface area contributed by atoms with E-state index in [1.807, 2.05) is 13.0 Å². The van der Waals surface area contributed by atoms with Crippen LogP contribution in [0.2, 0.25) is 0 Å². The second kappa shape index (κ2) is 5.35. The molecule has 0 saturated carbocycles. The van der Waals surface area contributed by atoms with E-state index in [-0.39, 0.29) is 12.6 Å².